The van der Waals surface area contributed by atoms with Crippen molar-refractivity contribution in [2.75, 3.05) is 6.61 Å². The second kappa shape index (κ2) is 18.3. The van der Waals surface area contributed by atoms with Crippen LogP contribution in [0.25, 0.3) is 11.6 Å². The second-order valence-electron chi connectivity index (χ2n) is 15.0. The van der Waals surface area contributed by atoms with Gasteiger partial charge in [-0.25, -0.2) is 9.38 Å². The molecular formula is C43H68FNO3. The van der Waals surface area contributed by atoms with Crippen LogP contribution in [0.4, 0.5) is 10.1 Å². The topological polar surface area (TPSA) is 62.1 Å². The van der Waals surface area contributed by atoms with Crippen LogP contribution in [0.3, 0.4) is 0 Å². The van der Waals surface area contributed by atoms with Crippen molar-refractivity contribution in [3.8, 4) is 0 Å². The van der Waals surface area contributed by atoms with Gasteiger partial charge in [-0.3, -0.25) is 0 Å². The SMILES string of the molecule is C=Cc1c(CO)c(CC)c(C(=C)/C(C(C)=C(C)C)=C(C)\C(C)=C/C)c(F)c1N=C(C)OCC1(CC)CC1.CCC(C)(C)CC(C)(O)CC. The Labute approximate surface area is 293 Å². The zero-order chi connectivity index (χ0) is 37.2. The lowest BCUT2D eigenvalue weighted by molar-refractivity contribution is 0.0102. The standard InChI is InChI=1S/C33H46FNO2.C10H22O/c1-12-21(7)23(9)29(22(8)20(5)6)24(10)30-26(13-2)28(18-36)27(14-3)32(31(30)34)35-25(11)37-19-33(15-4)16-17-33;1-6-9(3,4)8-10(5,11)7-2/h12,14,36H,3,10,13,15-19H2,1-2,4-9,11H3;11H,6-8H2,1-5H3/b21-12-,29-23-,35-25?;. The van der Waals surface area contributed by atoms with E-state index in [4.69, 9.17) is 4.74 Å². The molecular weight excluding hydrogens is 597 g/mol. The molecule has 0 bridgehead atoms. The molecule has 1 aromatic carbocycles. The van der Waals surface area contributed by atoms with Gasteiger partial charge in [-0.1, -0.05) is 84.4 Å². The highest BCUT2D eigenvalue weighted by atomic mass is 19.1. The van der Waals surface area contributed by atoms with Gasteiger partial charge in [-0.05, 0) is 126 Å². The van der Waals surface area contributed by atoms with E-state index in [0.717, 1.165) is 72.0 Å². The summed E-state index contributed by atoms with van der Waals surface area (Å²) in [5.74, 6) is -0.0536. The van der Waals surface area contributed by atoms with Gasteiger partial charge in [0, 0.05) is 23.5 Å². The summed E-state index contributed by atoms with van der Waals surface area (Å²) >= 11 is 0. The lowest BCUT2D eigenvalue weighted by Gasteiger charge is -2.32. The number of allylic oxidation sites excluding steroid dienone is 7. The molecule has 1 atom stereocenters. The maximum absolute atomic E-state index is 16.6. The average molecular weight is 666 g/mol. The summed E-state index contributed by atoms with van der Waals surface area (Å²) < 4.78 is 22.6. The largest absolute Gasteiger partial charge is 0.480 e. The minimum Gasteiger partial charge on any atom is -0.480 e. The Balaban J connectivity index is 0.000000894. The molecule has 48 heavy (non-hydrogen) atoms. The van der Waals surface area contributed by atoms with E-state index < -0.39 is 11.4 Å². The zero-order valence-electron chi connectivity index (χ0n) is 33.1. The lowest BCUT2D eigenvalue weighted by Crippen LogP contribution is -2.30. The summed E-state index contributed by atoms with van der Waals surface area (Å²) in [6.45, 7) is 37.4. The van der Waals surface area contributed by atoms with Crippen molar-refractivity contribution >= 4 is 23.2 Å². The summed E-state index contributed by atoms with van der Waals surface area (Å²) in [5, 5.41) is 20.2. The minimum atomic E-state index is -0.473. The van der Waals surface area contributed by atoms with Gasteiger partial charge in [0.2, 0.25) is 0 Å². The highest BCUT2D eigenvalue weighted by Gasteiger charge is 2.41. The predicted octanol–water partition coefficient (Wildman–Crippen LogP) is 12.4. The molecule has 2 N–H and O–H groups in total. The number of aliphatic imine (C=N–C) groups is 1. The monoisotopic (exact) mass is 666 g/mol. The molecule has 2 rings (SSSR count). The van der Waals surface area contributed by atoms with Crippen molar-refractivity contribution in [3.05, 3.63) is 75.2 Å². The first-order valence-electron chi connectivity index (χ1n) is 17.9. The van der Waals surface area contributed by atoms with Crippen LogP contribution >= 0.6 is 0 Å². The molecule has 0 saturated heterocycles. The number of halogens is 1. The smallest absolute Gasteiger partial charge is 0.185 e. The molecule has 0 spiro atoms. The van der Waals surface area contributed by atoms with Gasteiger partial charge < -0.3 is 14.9 Å². The summed E-state index contributed by atoms with van der Waals surface area (Å²) in [7, 11) is 0. The normalized spacial score (nSPS) is 16.3. The van der Waals surface area contributed by atoms with Crippen LogP contribution in [0.2, 0.25) is 0 Å². The van der Waals surface area contributed by atoms with Crippen LogP contribution in [-0.4, -0.2) is 28.3 Å². The first-order valence-corrected chi connectivity index (χ1v) is 17.9. The molecule has 5 heteroatoms. The van der Waals surface area contributed by atoms with Crippen LogP contribution in [0, 0.1) is 16.6 Å². The Bertz CT molecular complexity index is 1410. The van der Waals surface area contributed by atoms with E-state index in [1.54, 1.807) is 13.0 Å². The Morgan fingerprint density at radius 2 is 1.56 bits per heavy atom. The third kappa shape index (κ3) is 11.1. The molecule has 1 aliphatic carbocycles. The third-order valence-corrected chi connectivity index (χ3v) is 10.7. The molecule has 1 unspecified atom stereocenters. The highest BCUT2D eigenvalue weighted by Crippen LogP contribution is 2.49. The van der Waals surface area contributed by atoms with Gasteiger partial charge in [0.25, 0.3) is 0 Å². The quantitative estimate of drug-likeness (QED) is 0.111. The van der Waals surface area contributed by atoms with E-state index in [1.807, 2.05) is 27.7 Å². The number of hydrogen-bond acceptors (Lipinski definition) is 4. The molecule has 0 amide bonds. The van der Waals surface area contributed by atoms with Gasteiger partial charge in [0.15, 0.2) is 11.7 Å². The summed E-state index contributed by atoms with van der Waals surface area (Å²) in [4.78, 5) is 4.61. The van der Waals surface area contributed by atoms with E-state index in [9.17, 15) is 10.2 Å². The van der Waals surface area contributed by atoms with E-state index in [2.05, 4.69) is 86.5 Å². The molecule has 0 radical (unpaired) electrons. The van der Waals surface area contributed by atoms with E-state index in [1.165, 1.54) is 0 Å². The first kappa shape index (κ1) is 43.3. The number of hydrogen-bond donors (Lipinski definition) is 2. The van der Waals surface area contributed by atoms with E-state index >= 15 is 4.39 Å². The van der Waals surface area contributed by atoms with E-state index in [0.29, 0.717) is 41.2 Å². The highest BCUT2D eigenvalue weighted by molar-refractivity contribution is 5.90. The average Bonchev–Trinajstić information content (AvgIpc) is 3.83. The summed E-state index contributed by atoms with van der Waals surface area (Å²) in [6, 6.07) is 0. The molecule has 0 aromatic heterocycles. The Morgan fingerprint density at radius 3 is 1.96 bits per heavy atom. The fourth-order valence-corrected chi connectivity index (χ4v) is 6.07. The summed E-state index contributed by atoms with van der Waals surface area (Å²) in [5.41, 5.74) is 8.27. The predicted molar refractivity (Wildman–Crippen MR) is 207 cm³/mol. The maximum Gasteiger partial charge on any atom is 0.185 e. The van der Waals surface area contributed by atoms with Gasteiger partial charge in [0.05, 0.1) is 18.8 Å². The molecule has 1 fully saturated rings. The molecule has 1 aromatic rings. The van der Waals surface area contributed by atoms with Crippen molar-refractivity contribution < 1.29 is 19.3 Å². The molecule has 0 aliphatic heterocycles. The molecule has 4 nitrogen and oxygen atoms in total. The van der Waals surface area contributed by atoms with Crippen molar-refractivity contribution in [2.45, 2.75) is 154 Å². The Hall–Kier alpha value is -2.76. The van der Waals surface area contributed by atoms with Gasteiger partial charge in [0.1, 0.15) is 5.69 Å². The summed E-state index contributed by atoms with van der Waals surface area (Å²) in [6.07, 6.45) is 10.4. The number of nitrogens with zero attached hydrogens (tertiary/aromatic N) is 1. The number of aliphatic hydroxyl groups excluding tert-OH is 1. The zero-order valence-corrected chi connectivity index (χ0v) is 33.1. The van der Waals surface area contributed by atoms with Crippen molar-refractivity contribution in [1.29, 1.82) is 0 Å². The number of rotatable bonds is 15. The molecule has 270 valence electrons. The van der Waals surface area contributed by atoms with Crippen LogP contribution in [0.5, 0.6) is 0 Å². The van der Waals surface area contributed by atoms with Crippen molar-refractivity contribution in [3.63, 3.8) is 0 Å². The number of benzene rings is 1. The fourth-order valence-electron chi connectivity index (χ4n) is 6.07. The van der Waals surface area contributed by atoms with Gasteiger partial charge >= 0.3 is 0 Å². The molecule has 1 aliphatic rings. The molecule has 1 saturated carbocycles. The minimum absolute atomic E-state index is 0.140. The maximum atomic E-state index is 16.6. The van der Waals surface area contributed by atoms with Crippen molar-refractivity contribution in [1.82, 2.24) is 0 Å². The van der Waals surface area contributed by atoms with Gasteiger partial charge in [-0.15, -0.1) is 0 Å². The number of ether oxygens (including phenoxy) is 1. The van der Waals surface area contributed by atoms with Crippen LogP contribution in [0.15, 0.2) is 52.1 Å². The Kier molecular flexibility index (Phi) is 16.5. The Morgan fingerprint density at radius 1 is 0.979 bits per heavy atom. The second-order valence-corrected chi connectivity index (χ2v) is 15.0. The first-order chi connectivity index (χ1) is 22.3. The van der Waals surface area contributed by atoms with E-state index in [-0.39, 0.29) is 23.1 Å². The fraction of sp³-hybridized carbons (Fsp3) is 0.605. The van der Waals surface area contributed by atoms with Crippen LogP contribution < -0.4 is 0 Å². The lowest BCUT2D eigenvalue weighted by atomic mass is 9.78. The third-order valence-electron chi connectivity index (χ3n) is 10.7. The van der Waals surface area contributed by atoms with Crippen LogP contribution in [0.1, 0.15) is 158 Å². The number of aliphatic hydroxyl groups is 2. The molecule has 0 heterocycles. The van der Waals surface area contributed by atoms with Crippen molar-refractivity contribution in [2.24, 2.45) is 15.8 Å². The van der Waals surface area contributed by atoms with Gasteiger partial charge in [-0.2, -0.15) is 0 Å². The van der Waals surface area contributed by atoms with Crippen LogP contribution in [-0.2, 0) is 17.8 Å².